The third kappa shape index (κ3) is 8.57. The van der Waals surface area contributed by atoms with E-state index < -0.39 is 9.84 Å². The summed E-state index contributed by atoms with van der Waals surface area (Å²) in [6.07, 6.45) is 0.770. The highest BCUT2D eigenvalue weighted by molar-refractivity contribution is 14.0. The number of hydrogen-bond acceptors (Lipinski definition) is 5. The van der Waals surface area contributed by atoms with Gasteiger partial charge in [0.25, 0.3) is 0 Å². The minimum Gasteiger partial charge on any atom is -0.357 e. The Labute approximate surface area is 202 Å². The van der Waals surface area contributed by atoms with Crippen LogP contribution in [0.1, 0.15) is 25.3 Å². The summed E-state index contributed by atoms with van der Waals surface area (Å²) in [5.41, 5.74) is 1.33. The van der Waals surface area contributed by atoms with E-state index in [1.165, 1.54) is 5.56 Å². The highest BCUT2D eigenvalue weighted by atomic mass is 127. The zero-order valence-corrected chi connectivity index (χ0v) is 21.3. The van der Waals surface area contributed by atoms with Crippen LogP contribution in [0.15, 0.2) is 35.3 Å². The Balaban J connectivity index is 0.00000341. The molecule has 0 bridgehead atoms. The first kappa shape index (κ1) is 25.9. The maximum Gasteiger partial charge on any atom is 0.222 e. The highest BCUT2D eigenvalue weighted by Gasteiger charge is 2.28. The van der Waals surface area contributed by atoms with Gasteiger partial charge in [-0.2, -0.15) is 0 Å². The lowest BCUT2D eigenvalue weighted by Crippen LogP contribution is -2.52. The molecule has 2 aliphatic heterocycles. The monoisotopic (exact) mass is 563 g/mol. The molecule has 31 heavy (non-hydrogen) atoms. The van der Waals surface area contributed by atoms with Gasteiger partial charge < -0.3 is 15.5 Å². The number of hydrogen-bond donors (Lipinski definition) is 2. The topological polar surface area (TPSA) is 94.1 Å². The fourth-order valence-corrected chi connectivity index (χ4v) is 5.53. The quantitative estimate of drug-likeness (QED) is 0.293. The van der Waals surface area contributed by atoms with Crippen molar-refractivity contribution in [1.82, 2.24) is 20.4 Å². The largest absolute Gasteiger partial charge is 0.357 e. The molecule has 1 unspecified atom stereocenters. The van der Waals surface area contributed by atoms with Crippen LogP contribution in [-0.2, 0) is 21.2 Å². The Morgan fingerprint density at radius 2 is 1.87 bits per heavy atom. The van der Waals surface area contributed by atoms with Gasteiger partial charge in [-0.25, -0.2) is 8.42 Å². The van der Waals surface area contributed by atoms with E-state index in [0.717, 1.165) is 45.2 Å². The van der Waals surface area contributed by atoms with Crippen LogP contribution >= 0.6 is 24.0 Å². The van der Waals surface area contributed by atoms with Gasteiger partial charge in [0.2, 0.25) is 5.91 Å². The molecule has 1 aromatic carbocycles. The van der Waals surface area contributed by atoms with Gasteiger partial charge in [0.1, 0.15) is 0 Å². The zero-order valence-electron chi connectivity index (χ0n) is 18.1. The van der Waals surface area contributed by atoms with Crippen molar-refractivity contribution in [3.8, 4) is 0 Å². The molecule has 174 valence electrons. The second-order valence-corrected chi connectivity index (χ2v) is 10.1. The molecule has 10 heteroatoms. The number of sulfone groups is 1. The molecule has 0 radical (unpaired) electrons. The van der Waals surface area contributed by atoms with Crippen LogP contribution in [0.4, 0.5) is 0 Å². The smallest absolute Gasteiger partial charge is 0.222 e. The van der Waals surface area contributed by atoms with Gasteiger partial charge in [-0.05, 0) is 18.9 Å². The summed E-state index contributed by atoms with van der Waals surface area (Å²) in [6.45, 7) is 7.88. The number of nitrogens with zero attached hydrogens (tertiary/aromatic N) is 3. The number of halogens is 1. The third-order valence-electron chi connectivity index (χ3n) is 5.45. The maximum absolute atomic E-state index is 12.1. The first-order valence-electron chi connectivity index (χ1n) is 10.7. The van der Waals surface area contributed by atoms with Crippen LogP contribution in [0.5, 0.6) is 0 Å². The van der Waals surface area contributed by atoms with Gasteiger partial charge in [-0.3, -0.25) is 14.7 Å². The Morgan fingerprint density at radius 1 is 1.16 bits per heavy atom. The molecule has 2 saturated heterocycles. The average molecular weight is 564 g/mol. The van der Waals surface area contributed by atoms with Crippen LogP contribution < -0.4 is 10.6 Å². The van der Waals surface area contributed by atoms with Gasteiger partial charge in [0, 0.05) is 51.7 Å². The first-order chi connectivity index (χ1) is 14.4. The molecule has 0 spiro atoms. The summed E-state index contributed by atoms with van der Waals surface area (Å²) in [4.78, 5) is 21.4. The predicted molar refractivity (Wildman–Crippen MR) is 135 cm³/mol. The number of aliphatic imine (C=N–C) groups is 1. The van der Waals surface area contributed by atoms with Crippen molar-refractivity contribution in [2.75, 3.05) is 50.8 Å². The molecule has 1 amide bonds. The van der Waals surface area contributed by atoms with Gasteiger partial charge in [0.05, 0.1) is 18.1 Å². The Hall–Kier alpha value is -1.40. The summed E-state index contributed by atoms with van der Waals surface area (Å²) in [5, 5.41) is 6.14. The molecule has 1 atom stereocenters. The zero-order chi connectivity index (χ0) is 21.4. The van der Waals surface area contributed by atoms with Crippen LogP contribution in [0.3, 0.4) is 0 Å². The molecule has 1 aromatic rings. The van der Waals surface area contributed by atoms with E-state index in [2.05, 4.69) is 49.7 Å². The molecule has 2 N–H and O–H groups in total. The number of amides is 1. The number of carbonyl (C=O) groups excluding carboxylic acids is 1. The van der Waals surface area contributed by atoms with E-state index >= 15 is 0 Å². The third-order valence-corrected chi connectivity index (χ3v) is 7.22. The molecule has 2 aliphatic rings. The minimum atomic E-state index is -2.98. The lowest BCUT2D eigenvalue weighted by Gasteiger charge is -2.36. The normalized spacial score (nSPS) is 21.4. The van der Waals surface area contributed by atoms with Gasteiger partial charge in [-0.1, -0.05) is 30.3 Å². The molecule has 0 aromatic heterocycles. The summed E-state index contributed by atoms with van der Waals surface area (Å²) in [6, 6.07) is 10.2. The molecular weight excluding hydrogens is 529 g/mol. The van der Waals surface area contributed by atoms with E-state index in [9.17, 15) is 13.2 Å². The molecule has 0 saturated carbocycles. The Kier molecular flexibility index (Phi) is 10.5. The van der Waals surface area contributed by atoms with E-state index in [4.69, 9.17) is 0 Å². The summed E-state index contributed by atoms with van der Waals surface area (Å²) in [5.74, 6) is 0.923. The number of benzene rings is 1. The number of nitrogens with one attached hydrogen (secondary N) is 2. The Morgan fingerprint density at radius 3 is 2.48 bits per heavy atom. The molecule has 0 aliphatic carbocycles. The van der Waals surface area contributed by atoms with E-state index in [0.29, 0.717) is 13.0 Å². The minimum absolute atomic E-state index is 0. The lowest BCUT2D eigenvalue weighted by atomic mass is 10.2. The van der Waals surface area contributed by atoms with Crippen LogP contribution in [-0.4, -0.2) is 86.9 Å². The molecular formula is C21H34IN5O3S. The summed E-state index contributed by atoms with van der Waals surface area (Å²) >= 11 is 0. The molecule has 8 nitrogen and oxygen atoms in total. The Bertz CT molecular complexity index is 827. The van der Waals surface area contributed by atoms with E-state index in [-0.39, 0.29) is 53.9 Å². The number of rotatable bonds is 7. The van der Waals surface area contributed by atoms with Crippen molar-refractivity contribution in [2.24, 2.45) is 4.99 Å². The molecule has 3 rings (SSSR count). The fourth-order valence-electron chi connectivity index (χ4n) is 3.86. The van der Waals surface area contributed by atoms with E-state index in [1.54, 1.807) is 0 Å². The molecule has 2 fully saturated rings. The van der Waals surface area contributed by atoms with Crippen molar-refractivity contribution < 1.29 is 13.2 Å². The van der Waals surface area contributed by atoms with Crippen molar-refractivity contribution in [1.29, 1.82) is 0 Å². The number of carbonyl (C=O) groups is 1. The van der Waals surface area contributed by atoms with Gasteiger partial charge in [-0.15, -0.1) is 24.0 Å². The molecule has 2 heterocycles. The number of guanidine groups is 1. The fraction of sp³-hybridized carbons (Fsp3) is 0.619. The highest BCUT2D eigenvalue weighted by Crippen LogP contribution is 2.11. The second kappa shape index (κ2) is 12.6. The maximum atomic E-state index is 12.1. The van der Waals surface area contributed by atoms with Gasteiger partial charge in [0.15, 0.2) is 15.8 Å². The second-order valence-electron chi connectivity index (χ2n) is 7.90. The number of piperazine rings is 1. The summed E-state index contributed by atoms with van der Waals surface area (Å²) in [7, 11) is -2.98. The first-order valence-corrected chi connectivity index (χ1v) is 12.6. The van der Waals surface area contributed by atoms with Crippen LogP contribution in [0, 0.1) is 0 Å². The van der Waals surface area contributed by atoms with Crippen LogP contribution in [0.25, 0.3) is 0 Å². The lowest BCUT2D eigenvalue weighted by molar-refractivity contribution is -0.121. The predicted octanol–water partition coefficient (Wildman–Crippen LogP) is 1.08. The van der Waals surface area contributed by atoms with Crippen molar-refractivity contribution >= 4 is 45.7 Å². The standard InChI is InChI=1S/C21H33N5O3S.HI/c1-2-22-21(23-10-8-20(27)24-19-9-15-30(28,29)17-19)26-13-11-25(12-14-26)16-18-6-4-3-5-7-18;/h3-7,19H,2,8-17H2,1H3,(H,22,23)(H,24,27);1H. The van der Waals surface area contributed by atoms with Gasteiger partial charge >= 0.3 is 0 Å². The van der Waals surface area contributed by atoms with Crippen LogP contribution in [0.2, 0.25) is 0 Å². The average Bonchev–Trinajstić information content (AvgIpc) is 3.07. The van der Waals surface area contributed by atoms with Crippen molar-refractivity contribution in [3.63, 3.8) is 0 Å². The SMILES string of the molecule is CCNC(=NCCC(=O)NC1CCS(=O)(=O)C1)N1CCN(Cc2ccccc2)CC1.I. The van der Waals surface area contributed by atoms with E-state index in [1.807, 2.05) is 13.0 Å². The van der Waals surface area contributed by atoms with Crippen molar-refractivity contribution in [2.45, 2.75) is 32.4 Å². The summed E-state index contributed by atoms with van der Waals surface area (Å²) < 4.78 is 23.0. The van der Waals surface area contributed by atoms with Crippen molar-refractivity contribution in [3.05, 3.63) is 35.9 Å².